The van der Waals surface area contributed by atoms with E-state index in [4.69, 9.17) is 11.4 Å². The van der Waals surface area contributed by atoms with Crippen LogP contribution in [0.5, 0.6) is 0 Å². The van der Waals surface area contributed by atoms with Gasteiger partial charge in [-0.2, -0.15) is 0 Å². The number of carbonyl (C=O) groups is 1. The van der Waals surface area contributed by atoms with Crippen molar-refractivity contribution in [1.29, 1.82) is 0 Å². The highest BCUT2D eigenvalue weighted by molar-refractivity contribution is 7.14. The van der Waals surface area contributed by atoms with Crippen LogP contribution in [0.1, 0.15) is 21.0 Å². The second-order valence-electron chi connectivity index (χ2n) is 2.82. The molecule has 0 spiro atoms. The maximum atomic E-state index is 11.1. The van der Waals surface area contributed by atoms with E-state index in [1.807, 2.05) is 18.2 Å². The molecule has 0 aliphatic heterocycles. The Kier molecular flexibility index (Phi) is 5.07. The molecular formula is C9H11N5OS. The van der Waals surface area contributed by atoms with Crippen LogP contribution in [0.2, 0.25) is 0 Å². The molecule has 0 bridgehead atoms. The molecule has 16 heavy (non-hydrogen) atoms. The van der Waals surface area contributed by atoms with Crippen molar-refractivity contribution in [2.45, 2.75) is 6.42 Å². The Morgan fingerprint density at radius 3 is 3.19 bits per heavy atom. The Morgan fingerprint density at radius 1 is 1.69 bits per heavy atom. The number of nitrogens with two attached hydrogens (primary N) is 1. The Hall–Kier alpha value is -1.82. The van der Waals surface area contributed by atoms with Gasteiger partial charge in [0.05, 0.1) is 4.88 Å². The van der Waals surface area contributed by atoms with Gasteiger partial charge in [-0.25, -0.2) is 5.84 Å². The number of hydrogen-bond acceptors (Lipinski definition) is 4. The van der Waals surface area contributed by atoms with Crippen LogP contribution in [-0.4, -0.2) is 12.5 Å². The van der Waals surface area contributed by atoms with Gasteiger partial charge < -0.3 is 0 Å². The van der Waals surface area contributed by atoms with Crippen LogP contribution >= 0.6 is 11.3 Å². The van der Waals surface area contributed by atoms with Crippen LogP contribution in [0.4, 0.5) is 0 Å². The second kappa shape index (κ2) is 6.62. The molecule has 6 nitrogen and oxygen atoms in total. The van der Waals surface area contributed by atoms with Gasteiger partial charge in [0.2, 0.25) is 0 Å². The Balaban J connectivity index is 2.51. The lowest BCUT2D eigenvalue weighted by molar-refractivity contribution is 0.0957. The molecule has 7 heteroatoms. The lowest BCUT2D eigenvalue weighted by Crippen LogP contribution is -2.29. The number of azide groups is 1. The summed E-state index contributed by atoms with van der Waals surface area (Å²) in [7, 11) is 0. The predicted octanol–water partition coefficient (Wildman–Crippen LogP) is 2.07. The van der Waals surface area contributed by atoms with Crippen LogP contribution in [0.25, 0.3) is 16.5 Å². The summed E-state index contributed by atoms with van der Waals surface area (Å²) in [5.41, 5.74) is 10.1. The number of carbonyl (C=O) groups excluding carboxylic acids is 1. The van der Waals surface area contributed by atoms with Crippen molar-refractivity contribution in [3.8, 4) is 0 Å². The van der Waals surface area contributed by atoms with E-state index in [1.54, 1.807) is 6.07 Å². The summed E-state index contributed by atoms with van der Waals surface area (Å²) in [5.74, 6) is 4.72. The minimum absolute atomic E-state index is 0.293. The first kappa shape index (κ1) is 12.3. The molecule has 0 unspecified atom stereocenters. The van der Waals surface area contributed by atoms with Gasteiger partial charge in [0.15, 0.2) is 0 Å². The molecule has 0 radical (unpaired) electrons. The van der Waals surface area contributed by atoms with Crippen molar-refractivity contribution in [3.63, 3.8) is 0 Å². The number of nitrogen functional groups attached to an aromatic ring is 1. The first-order valence-corrected chi connectivity index (χ1v) is 5.37. The van der Waals surface area contributed by atoms with Gasteiger partial charge in [-0.3, -0.25) is 10.2 Å². The first-order chi connectivity index (χ1) is 7.77. The first-order valence-electron chi connectivity index (χ1n) is 4.56. The number of hydrazine groups is 1. The molecule has 1 heterocycles. The highest BCUT2D eigenvalue weighted by Crippen LogP contribution is 2.17. The molecule has 0 fully saturated rings. The molecule has 0 aliphatic rings. The van der Waals surface area contributed by atoms with Gasteiger partial charge in [0.1, 0.15) is 0 Å². The third-order valence-corrected chi connectivity index (χ3v) is 2.77. The van der Waals surface area contributed by atoms with Crippen molar-refractivity contribution in [3.05, 3.63) is 38.4 Å². The van der Waals surface area contributed by atoms with Crippen molar-refractivity contribution in [2.24, 2.45) is 11.0 Å². The third kappa shape index (κ3) is 3.74. The van der Waals surface area contributed by atoms with Crippen LogP contribution in [0, 0.1) is 0 Å². The maximum Gasteiger partial charge on any atom is 0.275 e. The van der Waals surface area contributed by atoms with Crippen molar-refractivity contribution >= 4 is 23.3 Å². The topological polar surface area (TPSA) is 104 Å². The van der Waals surface area contributed by atoms with Crippen LogP contribution in [0.3, 0.4) is 0 Å². The van der Waals surface area contributed by atoms with E-state index >= 15 is 0 Å². The number of hydrogen-bond donors (Lipinski definition) is 2. The zero-order valence-electron chi connectivity index (χ0n) is 8.46. The largest absolute Gasteiger partial charge is 0.289 e. The number of rotatable bonds is 5. The molecule has 1 aromatic heterocycles. The van der Waals surface area contributed by atoms with E-state index in [0.29, 0.717) is 17.8 Å². The zero-order valence-corrected chi connectivity index (χ0v) is 9.28. The fraction of sp³-hybridized carbons (Fsp3) is 0.222. The highest BCUT2D eigenvalue weighted by Gasteiger charge is 2.05. The summed E-state index contributed by atoms with van der Waals surface area (Å²) in [6.07, 6.45) is 4.45. The number of nitrogens with one attached hydrogen (secondary N) is 1. The molecule has 1 aromatic rings. The summed E-state index contributed by atoms with van der Waals surface area (Å²) in [6.45, 7) is 0.439. The fourth-order valence-electron chi connectivity index (χ4n) is 1.01. The summed E-state index contributed by atoms with van der Waals surface area (Å²) in [4.78, 5) is 15.3. The lowest BCUT2D eigenvalue weighted by Gasteiger charge is -1.91. The van der Waals surface area contributed by atoms with Crippen LogP contribution in [-0.2, 0) is 0 Å². The molecule has 0 saturated carbocycles. The molecule has 1 amide bonds. The number of amides is 1. The Morgan fingerprint density at radius 2 is 2.50 bits per heavy atom. The van der Waals surface area contributed by atoms with Crippen LogP contribution in [0.15, 0.2) is 23.3 Å². The molecule has 3 N–H and O–H groups in total. The average molecular weight is 237 g/mol. The highest BCUT2D eigenvalue weighted by atomic mass is 32.1. The average Bonchev–Trinajstić information content (AvgIpc) is 2.76. The fourth-order valence-corrected chi connectivity index (χ4v) is 1.85. The van der Waals surface area contributed by atoms with E-state index < -0.39 is 0 Å². The quantitative estimate of drug-likeness (QED) is 0.156. The van der Waals surface area contributed by atoms with Crippen molar-refractivity contribution < 1.29 is 4.79 Å². The summed E-state index contributed by atoms with van der Waals surface area (Å²) in [6, 6.07) is 3.54. The summed E-state index contributed by atoms with van der Waals surface area (Å²) < 4.78 is 0. The van der Waals surface area contributed by atoms with Gasteiger partial charge in [0, 0.05) is 16.3 Å². The normalized spacial score (nSPS) is 10.1. The monoisotopic (exact) mass is 237 g/mol. The molecule has 0 aliphatic carbocycles. The molecule has 0 saturated heterocycles. The van der Waals surface area contributed by atoms with E-state index in [-0.39, 0.29) is 5.91 Å². The molecule has 84 valence electrons. The second-order valence-corrected chi connectivity index (χ2v) is 3.94. The van der Waals surface area contributed by atoms with Gasteiger partial charge >= 0.3 is 0 Å². The van der Waals surface area contributed by atoms with Gasteiger partial charge in [-0.1, -0.05) is 11.2 Å². The third-order valence-electron chi connectivity index (χ3n) is 1.72. The van der Waals surface area contributed by atoms with Gasteiger partial charge in [-0.15, -0.1) is 11.3 Å². The van der Waals surface area contributed by atoms with Crippen LogP contribution < -0.4 is 11.3 Å². The van der Waals surface area contributed by atoms with Gasteiger partial charge in [-0.05, 0) is 30.2 Å². The van der Waals surface area contributed by atoms with Crippen molar-refractivity contribution in [2.75, 3.05) is 6.54 Å². The molecular weight excluding hydrogens is 226 g/mol. The summed E-state index contributed by atoms with van der Waals surface area (Å²) >= 11 is 1.35. The SMILES string of the molecule is [N-]=[N+]=NCCC=Cc1ccc(C(=O)NN)s1. The minimum Gasteiger partial charge on any atom is -0.289 e. The molecule has 0 atom stereocenters. The smallest absolute Gasteiger partial charge is 0.275 e. The van der Waals surface area contributed by atoms with Gasteiger partial charge in [0.25, 0.3) is 5.91 Å². The minimum atomic E-state index is -0.293. The molecule has 0 aromatic carbocycles. The predicted molar refractivity (Wildman–Crippen MR) is 63.6 cm³/mol. The Bertz CT molecular complexity index is 433. The lowest BCUT2D eigenvalue weighted by atomic mass is 10.3. The van der Waals surface area contributed by atoms with E-state index in [9.17, 15) is 4.79 Å². The maximum absolute atomic E-state index is 11.1. The standard InChI is InChI=1S/C9H11N5OS/c10-13-9(15)8-5-4-7(16-8)3-1-2-6-12-14-11/h1,3-5H,2,6,10H2,(H,13,15). The van der Waals surface area contributed by atoms with E-state index in [0.717, 1.165) is 4.88 Å². The van der Waals surface area contributed by atoms with E-state index in [2.05, 4.69) is 15.5 Å². The number of thiophene rings is 1. The van der Waals surface area contributed by atoms with Crippen molar-refractivity contribution in [1.82, 2.24) is 5.43 Å². The van der Waals surface area contributed by atoms with E-state index in [1.165, 1.54) is 11.3 Å². The molecule has 1 rings (SSSR count). The summed E-state index contributed by atoms with van der Waals surface area (Å²) in [5, 5.41) is 3.40. The number of nitrogens with zero attached hydrogens (tertiary/aromatic N) is 3. The Labute approximate surface area is 96.4 Å². The zero-order chi connectivity index (χ0) is 11.8.